The fraction of sp³-hybridized carbons (Fsp3) is 0.385. The molecule has 11 heteroatoms. The van der Waals surface area contributed by atoms with E-state index in [1.165, 1.54) is 35.2 Å². The van der Waals surface area contributed by atoms with Gasteiger partial charge in [0.1, 0.15) is 23.8 Å². The van der Waals surface area contributed by atoms with E-state index >= 15 is 0 Å². The molecule has 37 heavy (non-hydrogen) atoms. The number of aromatic hydroxyl groups is 1. The molecule has 0 atom stereocenters. The standard InChI is InChI=1S/C26H29FN4O6/c1-29-16-31-21(32)9-7-5-3-2-4-6-8-12-37-20-13-18(27)11-10-17(20)14-28-25(35)19-15-30(31)22(26(29)36)24(34)23(19)33/h4,6,10-11,13,15,34H,2-3,5,7-9,12,14,16H2,1H3,(H,28,35)/b6-4+. The van der Waals surface area contributed by atoms with Gasteiger partial charge in [-0.25, -0.2) is 14.1 Å². The molecule has 196 valence electrons. The van der Waals surface area contributed by atoms with E-state index in [1.54, 1.807) is 0 Å². The lowest BCUT2D eigenvalue weighted by atomic mass is 10.1. The van der Waals surface area contributed by atoms with Gasteiger partial charge < -0.3 is 20.1 Å². The van der Waals surface area contributed by atoms with E-state index in [-0.39, 0.29) is 37.0 Å². The summed E-state index contributed by atoms with van der Waals surface area (Å²) >= 11 is 0. The maximum absolute atomic E-state index is 13.8. The minimum atomic E-state index is -1.04. The van der Waals surface area contributed by atoms with Crippen molar-refractivity contribution in [3.05, 3.63) is 69.4 Å². The molecule has 0 saturated heterocycles. The summed E-state index contributed by atoms with van der Waals surface area (Å²) < 4.78 is 20.6. The van der Waals surface area contributed by atoms with Gasteiger partial charge in [-0.2, -0.15) is 0 Å². The number of nitrogens with one attached hydrogen (secondary N) is 1. The van der Waals surface area contributed by atoms with Gasteiger partial charge >= 0.3 is 0 Å². The van der Waals surface area contributed by atoms with E-state index in [1.807, 2.05) is 12.2 Å². The Morgan fingerprint density at radius 1 is 1.05 bits per heavy atom. The number of carbonyl (C=O) groups is 3. The fourth-order valence-electron chi connectivity index (χ4n) is 4.25. The summed E-state index contributed by atoms with van der Waals surface area (Å²) in [5, 5.41) is 14.4. The topological polar surface area (TPSA) is 121 Å². The number of ether oxygens (including phenoxy) is 1. The minimum absolute atomic E-state index is 0.0868. The maximum Gasteiger partial charge on any atom is 0.277 e. The third-order valence-corrected chi connectivity index (χ3v) is 6.29. The van der Waals surface area contributed by atoms with Gasteiger partial charge in [0.05, 0.1) is 6.61 Å². The average Bonchev–Trinajstić information content (AvgIpc) is 2.87. The van der Waals surface area contributed by atoms with E-state index in [4.69, 9.17) is 4.74 Å². The van der Waals surface area contributed by atoms with Crippen LogP contribution in [0.4, 0.5) is 4.39 Å². The van der Waals surface area contributed by atoms with Crippen molar-refractivity contribution in [3.8, 4) is 11.5 Å². The third-order valence-electron chi connectivity index (χ3n) is 6.29. The Morgan fingerprint density at radius 2 is 1.84 bits per heavy atom. The number of aromatic nitrogens is 1. The number of pyridine rings is 1. The third kappa shape index (κ3) is 5.65. The molecule has 2 aromatic rings. The van der Waals surface area contributed by atoms with Gasteiger partial charge in [0.25, 0.3) is 11.8 Å². The molecule has 2 N–H and O–H groups in total. The van der Waals surface area contributed by atoms with E-state index in [0.717, 1.165) is 30.1 Å². The SMILES string of the molecule is CN1CN2C(=O)CCCCC/C=C/CCOc3cc(F)ccc3CNC(=O)c3cn2c(c(O)c3=O)C1=O. The van der Waals surface area contributed by atoms with Gasteiger partial charge in [0.2, 0.25) is 11.3 Å². The molecular formula is C26H29FN4O6. The predicted octanol–water partition coefficient (Wildman–Crippen LogP) is 2.42. The molecule has 0 fully saturated rings. The Bertz CT molecular complexity index is 1300. The molecule has 4 rings (SSSR count). The predicted molar refractivity (Wildman–Crippen MR) is 132 cm³/mol. The fourth-order valence-corrected chi connectivity index (χ4v) is 4.25. The number of rotatable bonds is 0. The number of hydrogen-bond donors (Lipinski definition) is 2. The molecule has 2 aliphatic heterocycles. The second kappa shape index (κ2) is 11.3. The van der Waals surface area contributed by atoms with Gasteiger partial charge in [0, 0.05) is 37.8 Å². The van der Waals surface area contributed by atoms with Crippen LogP contribution in [0.3, 0.4) is 0 Å². The van der Waals surface area contributed by atoms with Crippen LogP contribution in [0, 0.1) is 5.82 Å². The van der Waals surface area contributed by atoms with Crippen LogP contribution < -0.4 is 20.5 Å². The first-order chi connectivity index (χ1) is 17.8. The number of hydrogen-bond acceptors (Lipinski definition) is 6. The van der Waals surface area contributed by atoms with E-state index < -0.39 is 34.4 Å². The highest BCUT2D eigenvalue weighted by molar-refractivity contribution is 6.01. The summed E-state index contributed by atoms with van der Waals surface area (Å²) in [5.41, 5.74) is -1.38. The molecule has 1 aromatic heterocycles. The van der Waals surface area contributed by atoms with Crippen LogP contribution in [0.1, 0.15) is 64.9 Å². The average molecular weight is 513 g/mol. The number of benzene rings is 1. The second-order valence-corrected chi connectivity index (χ2v) is 8.99. The number of allylic oxidation sites excluding steroid dienone is 1. The van der Waals surface area contributed by atoms with Crippen molar-refractivity contribution in [1.29, 1.82) is 0 Å². The molecule has 10 nitrogen and oxygen atoms in total. The Labute approximate surface area is 212 Å². The minimum Gasteiger partial charge on any atom is -0.502 e. The molecule has 2 aliphatic rings. The molecule has 1 aromatic carbocycles. The van der Waals surface area contributed by atoms with E-state index in [2.05, 4.69) is 5.32 Å². The molecule has 3 amide bonds. The largest absolute Gasteiger partial charge is 0.502 e. The highest BCUT2D eigenvalue weighted by Crippen LogP contribution is 2.23. The van der Waals surface area contributed by atoms with Crippen LogP contribution in [0.5, 0.6) is 11.5 Å². The smallest absolute Gasteiger partial charge is 0.277 e. The monoisotopic (exact) mass is 512 g/mol. The molecule has 0 spiro atoms. The summed E-state index contributed by atoms with van der Waals surface area (Å²) in [6.45, 7) is 0.122. The summed E-state index contributed by atoms with van der Waals surface area (Å²) in [6, 6.07) is 3.93. The van der Waals surface area contributed by atoms with Crippen LogP contribution in [-0.4, -0.2) is 52.7 Å². The first-order valence-electron chi connectivity index (χ1n) is 12.2. The van der Waals surface area contributed by atoms with Crippen LogP contribution in [-0.2, 0) is 11.3 Å². The Kier molecular flexibility index (Phi) is 7.90. The molecule has 2 bridgehead atoms. The number of carbonyl (C=O) groups excluding carboxylic acids is 3. The quantitative estimate of drug-likeness (QED) is 0.523. The molecular weight excluding hydrogens is 483 g/mol. The summed E-state index contributed by atoms with van der Waals surface area (Å²) in [4.78, 5) is 52.8. The van der Waals surface area contributed by atoms with Crippen molar-refractivity contribution in [1.82, 2.24) is 14.9 Å². The number of fused-ring (bicyclic) bond motifs is 2. The van der Waals surface area contributed by atoms with Crippen LogP contribution >= 0.6 is 0 Å². The van der Waals surface area contributed by atoms with Crippen LogP contribution in [0.25, 0.3) is 0 Å². The summed E-state index contributed by atoms with van der Waals surface area (Å²) in [6.07, 6.45) is 9.07. The van der Waals surface area contributed by atoms with Gasteiger partial charge in [-0.05, 0) is 31.7 Å². The first-order valence-corrected chi connectivity index (χ1v) is 12.2. The Hall–Kier alpha value is -4.15. The summed E-state index contributed by atoms with van der Waals surface area (Å²) in [7, 11) is 1.45. The van der Waals surface area contributed by atoms with Crippen molar-refractivity contribution in [2.24, 2.45) is 0 Å². The lowest BCUT2D eigenvalue weighted by Gasteiger charge is -2.36. The van der Waals surface area contributed by atoms with Crippen molar-refractivity contribution >= 4 is 17.7 Å². The van der Waals surface area contributed by atoms with Gasteiger partial charge in [-0.15, -0.1) is 0 Å². The molecule has 0 unspecified atom stereocenters. The highest BCUT2D eigenvalue weighted by atomic mass is 19.1. The van der Waals surface area contributed by atoms with Crippen LogP contribution in [0.15, 0.2) is 41.3 Å². The number of nitrogens with zero attached hydrogens (tertiary/aromatic N) is 3. The number of amides is 3. The second-order valence-electron chi connectivity index (χ2n) is 8.99. The zero-order chi connectivity index (χ0) is 26.5. The van der Waals surface area contributed by atoms with E-state index in [9.17, 15) is 28.7 Å². The van der Waals surface area contributed by atoms with Crippen LogP contribution in [0.2, 0.25) is 0 Å². The Morgan fingerprint density at radius 3 is 2.65 bits per heavy atom. The van der Waals surface area contributed by atoms with Crippen molar-refractivity contribution in [2.75, 3.05) is 25.3 Å². The van der Waals surface area contributed by atoms with Crippen molar-refractivity contribution < 1.29 is 28.6 Å². The van der Waals surface area contributed by atoms with Crippen molar-refractivity contribution in [3.63, 3.8) is 0 Å². The zero-order valence-electron chi connectivity index (χ0n) is 20.5. The molecule has 0 saturated carbocycles. The zero-order valence-corrected chi connectivity index (χ0v) is 20.5. The van der Waals surface area contributed by atoms with E-state index in [0.29, 0.717) is 25.0 Å². The summed E-state index contributed by atoms with van der Waals surface area (Å²) in [5.74, 6) is -2.94. The highest BCUT2D eigenvalue weighted by Gasteiger charge is 2.35. The van der Waals surface area contributed by atoms with Gasteiger partial charge in [0.15, 0.2) is 11.4 Å². The lowest BCUT2D eigenvalue weighted by molar-refractivity contribution is -0.120. The molecule has 3 heterocycles. The molecule has 0 aliphatic carbocycles. The Balaban J connectivity index is 1.71. The normalized spacial score (nSPS) is 18.5. The van der Waals surface area contributed by atoms with Gasteiger partial charge in [-0.1, -0.05) is 24.6 Å². The van der Waals surface area contributed by atoms with Crippen molar-refractivity contribution in [2.45, 2.75) is 45.1 Å². The van der Waals surface area contributed by atoms with Gasteiger partial charge in [-0.3, -0.25) is 19.2 Å². The first kappa shape index (κ1) is 25.9. The lowest BCUT2D eigenvalue weighted by Crippen LogP contribution is -2.55. The maximum atomic E-state index is 13.8. The number of halogens is 1. The molecule has 0 radical (unpaired) electrons.